The Morgan fingerprint density at radius 1 is 1.12 bits per heavy atom. The van der Waals surface area contributed by atoms with Crippen molar-refractivity contribution in [1.29, 1.82) is 0 Å². The Morgan fingerprint density at radius 3 is 2.50 bits per heavy atom. The monoisotopic (exact) mass is 471 g/mol. The summed E-state index contributed by atoms with van der Waals surface area (Å²) < 4.78 is 29.9. The molecule has 180 valence electrons. The van der Waals surface area contributed by atoms with E-state index in [1.807, 2.05) is 6.92 Å². The molecular formula is C24H26FN3O6. The van der Waals surface area contributed by atoms with Crippen molar-refractivity contribution in [2.75, 3.05) is 19.8 Å². The lowest BCUT2D eigenvalue weighted by Crippen LogP contribution is -2.26. The van der Waals surface area contributed by atoms with Gasteiger partial charge in [0.2, 0.25) is 5.89 Å². The second-order valence-corrected chi connectivity index (χ2v) is 7.21. The Hall–Kier alpha value is -3.79. The summed E-state index contributed by atoms with van der Waals surface area (Å²) in [6.45, 7) is 4.42. The molecule has 0 bridgehead atoms. The summed E-state index contributed by atoms with van der Waals surface area (Å²) in [5.41, 5.74) is 1.66. The van der Waals surface area contributed by atoms with Gasteiger partial charge in [-0.1, -0.05) is 24.2 Å². The number of aliphatic carboxylic acids is 1. The quantitative estimate of drug-likeness (QED) is 0.225. The SMILES string of the molecule is CCCO/N=C(\COc1ccc(CC(OCC)C(=O)O)cc1)c1nnc(-c2ccc(F)cc2)o1. The lowest BCUT2D eigenvalue weighted by Gasteiger charge is -2.13. The normalized spacial score (nSPS) is 12.4. The number of rotatable bonds is 13. The van der Waals surface area contributed by atoms with Crippen molar-refractivity contribution in [2.24, 2.45) is 5.16 Å². The van der Waals surface area contributed by atoms with Gasteiger partial charge in [-0.05, 0) is 55.3 Å². The summed E-state index contributed by atoms with van der Waals surface area (Å²) in [6, 6.07) is 12.7. The Labute approximate surface area is 196 Å². The smallest absolute Gasteiger partial charge is 0.333 e. The third-order valence-electron chi connectivity index (χ3n) is 4.60. The van der Waals surface area contributed by atoms with E-state index in [4.69, 9.17) is 18.7 Å². The Balaban J connectivity index is 1.68. The van der Waals surface area contributed by atoms with Crippen molar-refractivity contribution in [2.45, 2.75) is 32.8 Å². The first-order chi connectivity index (χ1) is 16.5. The maximum atomic E-state index is 13.2. The largest absolute Gasteiger partial charge is 0.487 e. The van der Waals surface area contributed by atoms with E-state index < -0.39 is 12.1 Å². The lowest BCUT2D eigenvalue weighted by atomic mass is 10.1. The summed E-state index contributed by atoms with van der Waals surface area (Å²) in [6.07, 6.45) is 0.108. The van der Waals surface area contributed by atoms with E-state index in [9.17, 15) is 14.3 Å². The fourth-order valence-corrected chi connectivity index (χ4v) is 2.90. The van der Waals surface area contributed by atoms with E-state index in [1.165, 1.54) is 24.3 Å². The van der Waals surface area contributed by atoms with E-state index in [0.717, 1.165) is 12.0 Å². The van der Waals surface area contributed by atoms with Crippen molar-refractivity contribution >= 4 is 11.7 Å². The fraction of sp³-hybridized carbons (Fsp3) is 0.333. The van der Waals surface area contributed by atoms with Crippen molar-refractivity contribution < 1.29 is 33.0 Å². The third-order valence-corrected chi connectivity index (χ3v) is 4.60. The minimum atomic E-state index is -1.00. The van der Waals surface area contributed by atoms with Gasteiger partial charge in [-0.15, -0.1) is 10.2 Å². The number of carbonyl (C=O) groups is 1. The topological polar surface area (TPSA) is 116 Å². The van der Waals surface area contributed by atoms with Crippen molar-refractivity contribution in [1.82, 2.24) is 10.2 Å². The molecule has 2 aromatic carbocycles. The molecule has 1 aromatic heterocycles. The van der Waals surface area contributed by atoms with Gasteiger partial charge in [0.15, 0.2) is 11.8 Å². The van der Waals surface area contributed by atoms with E-state index in [-0.39, 0.29) is 30.6 Å². The molecule has 0 fully saturated rings. The number of benzene rings is 2. The predicted octanol–water partition coefficient (Wildman–Crippen LogP) is 4.12. The van der Waals surface area contributed by atoms with Crippen LogP contribution in [0.25, 0.3) is 11.5 Å². The fourth-order valence-electron chi connectivity index (χ4n) is 2.90. The first-order valence-corrected chi connectivity index (χ1v) is 10.8. The first-order valence-electron chi connectivity index (χ1n) is 10.8. The highest BCUT2D eigenvalue weighted by molar-refractivity contribution is 5.97. The molecule has 3 rings (SSSR count). The molecule has 1 atom stereocenters. The summed E-state index contributed by atoms with van der Waals surface area (Å²) in [4.78, 5) is 16.6. The molecular weight excluding hydrogens is 445 g/mol. The third kappa shape index (κ3) is 7.11. The zero-order valence-electron chi connectivity index (χ0n) is 18.9. The maximum Gasteiger partial charge on any atom is 0.333 e. The maximum absolute atomic E-state index is 13.2. The molecule has 1 unspecified atom stereocenters. The van der Waals surface area contributed by atoms with Crippen LogP contribution < -0.4 is 4.74 Å². The molecule has 0 saturated heterocycles. The van der Waals surface area contributed by atoms with Crippen LogP contribution in [0, 0.1) is 5.82 Å². The van der Waals surface area contributed by atoms with Gasteiger partial charge in [0.05, 0.1) is 0 Å². The predicted molar refractivity (Wildman–Crippen MR) is 121 cm³/mol. The summed E-state index contributed by atoms with van der Waals surface area (Å²) in [7, 11) is 0. The van der Waals surface area contributed by atoms with Crippen molar-refractivity contribution in [3.8, 4) is 17.2 Å². The van der Waals surface area contributed by atoms with Crippen LogP contribution in [-0.4, -0.2) is 52.9 Å². The minimum Gasteiger partial charge on any atom is -0.487 e. The van der Waals surface area contributed by atoms with E-state index in [2.05, 4.69) is 15.4 Å². The molecule has 0 spiro atoms. The van der Waals surface area contributed by atoms with Crippen LogP contribution in [0.3, 0.4) is 0 Å². The van der Waals surface area contributed by atoms with Crippen molar-refractivity contribution in [3.63, 3.8) is 0 Å². The van der Waals surface area contributed by atoms with Gasteiger partial charge >= 0.3 is 5.97 Å². The lowest BCUT2D eigenvalue weighted by molar-refractivity contribution is -0.149. The molecule has 1 N–H and O–H groups in total. The van der Waals surface area contributed by atoms with Crippen LogP contribution in [0.15, 0.2) is 58.1 Å². The summed E-state index contributed by atoms with van der Waals surface area (Å²) in [5.74, 6) is -0.504. The summed E-state index contributed by atoms with van der Waals surface area (Å²) in [5, 5.41) is 21.3. The first kappa shape index (κ1) is 24.8. The molecule has 0 aliphatic rings. The molecule has 10 heteroatoms. The highest BCUT2D eigenvalue weighted by atomic mass is 19.1. The molecule has 3 aromatic rings. The van der Waals surface area contributed by atoms with Crippen LogP contribution in [0.2, 0.25) is 0 Å². The Kier molecular flexibility index (Phi) is 9.10. The molecule has 0 saturated carbocycles. The zero-order chi connectivity index (χ0) is 24.3. The molecule has 0 amide bonds. The second-order valence-electron chi connectivity index (χ2n) is 7.21. The van der Waals surface area contributed by atoms with E-state index >= 15 is 0 Å². The number of hydrogen-bond donors (Lipinski definition) is 1. The number of carboxylic acids is 1. The van der Waals surface area contributed by atoms with Gasteiger partial charge in [0.1, 0.15) is 24.8 Å². The standard InChI is InChI=1S/C24H26FN3O6/c1-3-13-33-28-20(23-27-26-22(34-23)17-7-9-18(25)10-8-17)15-32-19-11-5-16(6-12-19)14-21(24(29)30)31-4-2/h5-12,21H,3-4,13-15H2,1-2H3,(H,29,30)/b28-20+. The van der Waals surface area contributed by atoms with Gasteiger partial charge in [-0.3, -0.25) is 0 Å². The highest BCUT2D eigenvalue weighted by Gasteiger charge is 2.19. The van der Waals surface area contributed by atoms with Crippen LogP contribution in [-0.2, 0) is 20.8 Å². The highest BCUT2D eigenvalue weighted by Crippen LogP contribution is 2.19. The van der Waals surface area contributed by atoms with Gasteiger partial charge in [-0.25, -0.2) is 9.18 Å². The molecule has 34 heavy (non-hydrogen) atoms. The minimum absolute atomic E-state index is 0.00912. The zero-order valence-corrected chi connectivity index (χ0v) is 18.9. The second kappa shape index (κ2) is 12.4. The van der Waals surface area contributed by atoms with Crippen LogP contribution in [0.1, 0.15) is 31.7 Å². The molecule has 0 aliphatic carbocycles. The van der Waals surface area contributed by atoms with Gasteiger partial charge < -0.3 is 23.8 Å². The average Bonchev–Trinajstić information content (AvgIpc) is 3.32. The number of oxime groups is 1. The molecule has 9 nitrogen and oxygen atoms in total. The molecule has 1 heterocycles. The van der Waals surface area contributed by atoms with Gasteiger partial charge in [0.25, 0.3) is 5.89 Å². The number of hydrogen-bond acceptors (Lipinski definition) is 8. The van der Waals surface area contributed by atoms with Crippen LogP contribution in [0.5, 0.6) is 5.75 Å². The molecule has 0 aliphatic heterocycles. The average molecular weight is 471 g/mol. The van der Waals surface area contributed by atoms with Crippen LogP contribution in [0.4, 0.5) is 4.39 Å². The van der Waals surface area contributed by atoms with Gasteiger partial charge in [-0.2, -0.15) is 0 Å². The summed E-state index contributed by atoms with van der Waals surface area (Å²) >= 11 is 0. The number of nitrogens with zero attached hydrogens (tertiary/aromatic N) is 3. The molecule has 0 radical (unpaired) electrons. The number of aromatic nitrogens is 2. The van der Waals surface area contributed by atoms with E-state index in [1.54, 1.807) is 31.2 Å². The Bertz CT molecular complexity index is 1080. The van der Waals surface area contributed by atoms with E-state index in [0.29, 0.717) is 30.2 Å². The van der Waals surface area contributed by atoms with Crippen molar-refractivity contribution in [3.05, 3.63) is 65.8 Å². The number of carboxylic acid groups (broad SMARTS) is 1. The van der Waals surface area contributed by atoms with Gasteiger partial charge in [0, 0.05) is 18.6 Å². The van der Waals surface area contributed by atoms with Crippen LogP contribution >= 0.6 is 0 Å². The number of halogens is 1. The Morgan fingerprint density at radius 2 is 1.85 bits per heavy atom. The number of ether oxygens (including phenoxy) is 2.